The summed E-state index contributed by atoms with van der Waals surface area (Å²) in [6.07, 6.45) is -4.74. The van der Waals surface area contributed by atoms with Gasteiger partial charge in [-0.1, -0.05) is 35.3 Å². The van der Waals surface area contributed by atoms with Crippen molar-refractivity contribution in [1.29, 1.82) is 0 Å². The van der Waals surface area contributed by atoms with Gasteiger partial charge >= 0.3 is 6.18 Å². The molecule has 2 aromatic carbocycles. The summed E-state index contributed by atoms with van der Waals surface area (Å²) in [6.45, 7) is 0. The Labute approximate surface area is 139 Å². The van der Waals surface area contributed by atoms with Gasteiger partial charge in [0.25, 0.3) is 5.91 Å². The van der Waals surface area contributed by atoms with E-state index in [1.54, 1.807) is 0 Å². The summed E-state index contributed by atoms with van der Waals surface area (Å²) in [5, 5.41) is 3.91. The summed E-state index contributed by atoms with van der Waals surface area (Å²) in [7, 11) is 0. The maximum absolute atomic E-state index is 13.1. The van der Waals surface area contributed by atoms with Crippen LogP contribution in [0.1, 0.15) is 15.9 Å². The number of halogens is 5. The first kappa shape index (κ1) is 17.3. The number of hydrogen-bond acceptors (Lipinski definition) is 2. The molecule has 0 bridgehead atoms. The van der Waals surface area contributed by atoms with E-state index in [9.17, 15) is 18.0 Å². The molecule has 0 aromatic heterocycles. The third kappa shape index (κ3) is 4.71. The molecule has 2 aromatic rings. The van der Waals surface area contributed by atoms with E-state index in [-0.39, 0.29) is 11.1 Å². The van der Waals surface area contributed by atoms with E-state index < -0.39 is 17.8 Å². The molecule has 0 radical (unpaired) electrons. The fourth-order valence-electron chi connectivity index (χ4n) is 1.67. The van der Waals surface area contributed by atoms with Gasteiger partial charge in [0.2, 0.25) is 0 Å². The largest absolute Gasteiger partial charge is 0.435 e. The summed E-state index contributed by atoms with van der Waals surface area (Å²) in [5.74, 6) is -0.780. The van der Waals surface area contributed by atoms with Crippen molar-refractivity contribution < 1.29 is 18.0 Å². The van der Waals surface area contributed by atoms with Crippen LogP contribution in [0.5, 0.6) is 0 Å². The second-order valence-electron chi connectivity index (χ2n) is 4.41. The Balaban J connectivity index is 2.26. The number of hydrazone groups is 1. The van der Waals surface area contributed by atoms with Crippen LogP contribution < -0.4 is 5.43 Å². The predicted octanol–water partition coefficient (Wildman–Crippen LogP) is 4.69. The number of rotatable bonds is 3. The van der Waals surface area contributed by atoms with Crippen LogP contribution in [0.2, 0.25) is 10.0 Å². The van der Waals surface area contributed by atoms with Crippen molar-refractivity contribution in [2.75, 3.05) is 0 Å². The average molecular weight is 361 g/mol. The highest BCUT2D eigenvalue weighted by Gasteiger charge is 2.37. The van der Waals surface area contributed by atoms with Gasteiger partial charge in [-0.25, -0.2) is 5.43 Å². The molecule has 8 heteroatoms. The van der Waals surface area contributed by atoms with Crippen LogP contribution in [0.25, 0.3) is 0 Å². The van der Waals surface area contributed by atoms with Crippen molar-refractivity contribution in [3.8, 4) is 0 Å². The van der Waals surface area contributed by atoms with E-state index in [1.807, 2.05) is 5.43 Å². The van der Waals surface area contributed by atoms with Gasteiger partial charge in [0.1, 0.15) is 0 Å². The number of benzene rings is 2. The molecule has 120 valence electrons. The molecule has 0 spiro atoms. The third-order valence-corrected chi connectivity index (χ3v) is 3.27. The first-order valence-corrected chi connectivity index (χ1v) is 6.99. The maximum atomic E-state index is 13.1. The van der Waals surface area contributed by atoms with E-state index in [0.717, 1.165) is 0 Å². The number of alkyl halides is 3. The molecule has 0 saturated heterocycles. The smallest absolute Gasteiger partial charge is 0.267 e. The van der Waals surface area contributed by atoms with Crippen molar-refractivity contribution >= 4 is 34.8 Å². The van der Waals surface area contributed by atoms with Gasteiger partial charge < -0.3 is 0 Å². The van der Waals surface area contributed by atoms with Gasteiger partial charge in [0, 0.05) is 21.2 Å². The van der Waals surface area contributed by atoms with Crippen LogP contribution in [0.3, 0.4) is 0 Å². The topological polar surface area (TPSA) is 41.5 Å². The molecule has 0 atom stereocenters. The number of nitrogens with zero attached hydrogens (tertiary/aromatic N) is 1. The third-order valence-electron chi connectivity index (χ3n) is 2.76. The molecule has 0 aliphatic rings. The molecule has 2 rings (SSSR count). The van der Waals surface area contributed by atoms with E-state index in [4.69, 9.17) is 23.2 Å². The molecule has 0 fully saturated rings. The van der Waals surface area contributed by atoms with E-state index in [2.05, 4.69) is 5.10 Å². The average Bonchev–Trinajstić information content (AvgIpc) is 2.48. The van der Waals surface area contributed by atoms with E-state index in [0.29, 0.717) is 10.0 Å². The van der Waals surface area contributed by atoms with Crippen LogP contribution in [0.4, 0.5) is 13.2 Å². The lowest BCUT2D eigenvalue weighted by molar-refractivity contribution is -0.0583. The van der Waals surface area contributed by atoms with Crippen molar-refractivity contribution in [3.63, 3.8) is 0 Å². The van der Waals surface area contributed by atoms with Crippen LogP contribution in [-0.2, 0) is 0 Å². The summed E-state index contributed by atoms with van der Waals surface area (Å²) in [4.78, 5) is 11.8. The van der Waals surface area contributed by atoms with Crippen molar-refractivity contribution in [2.24, 2.45) is 5.10 Å². The Kier molecular flexibility index (Phi) is 5.28. The second-order valence-corrected chi connectivity index (χ2v) is 5.29. The molecule has 1 N–H and O–H groups in total. The maximum Gasteiger partial charge on any atom is 0.435 e. The Morgan fingerprint density at radius 2 is 1.30 bits per heavy atom. The van der Waals surface area contributed by atoms with Crippen LogP contribution in [0.15, 0.2) is 53.6 Å². The first-order valence-electron chi connectivity index (χ1n) is 6.24. The second kappa shape index (κ2) is 7.02. The standard InChI is InChI=1S/C15H9Cl2F3N2O/c16-11-5-1-9(2-6-11)13(15(18,19)20)21-22-14(23)10-3-7-12(17)8-4-10/h1-8H,(H,22,23). The molecular weight excluding hydrogens is 352 g/mol. The SMILES string of the molecule is O=C(NN=C(c1ccc(Cl)cc1)C(F)(F)F)c1ccc(Cl)cc1. The highest BCUT2D eigenvalue weighted by molar-refractivity contribution is 6.31. The zero-order valence-electron chi connectivity index (χ0n) is 11.4. The fraction of sp³-hybridized carbons (Fsp3) is 0.0667. The first-order chi connectivity index (χ1) is 10.8. The van der Waals surface area contributed by atoms with Crippen LogP contribution in [0, 0.1) is 0 Å². The van der Waals surface area contributed by atoms with Gasteiger partial charge in [-0.3, -0.25) is 4.79 Å². The van der Waals surface area contributed by atoms with Crippen molar-refractivity contribution in [2.45, 2.75) is 6.18 Å². The zero-order chi connectivity index (χ0) is 17.0. The molecule has 0 saturated carbocycles. The Morgan fingerprint density at radius 3 is 1.74 bits per heavy atom. The van der Waals surface area contributed by atoms with Gasteiger partial charge in [-0.15, -0.1) is 0 Å². The summed E-state index contributed by atoms with van der Waals surface area (Å²) in [5.41, 5.74) is 0.591. The number of carbonyl (C=O) groups is 1. The number of nitrogens with one attached hydrogen (secondary N) is 1. The zero-order valence-corrected chi connectivity index (χ0v) is 12.9. The Morgan fingerprint density at radius 1 is 0.870 bits per heavy atom. The molecule has 0 aliphatic carbocycles. The minimum Gasteiger partial charge on any atom is -0.267 e. The number of amides is 1. The summed E-state index contributed by atoms with van der Waals surface area (Å²) < 4.78 is 39.2. The predicted molar refractivity (Wildman–Crippen MR) is 83.0 cm³/mol. The van der Waals surface area contributed by atoms with Crippen LogP contribution >= 0.6 is 23.2 Å². The summed E-state index contributed by atoms with van der Waals surface area (Å²) >= 11 is 11.3. The minimum absolute atomic E-state index is 0.135. The monoisotopic (exact) mass is 360 g/mol. The van der Waals surface area contributed by atoms with Gasteiger partial charge in [-0.2, -0.15) is 18.3 Å². The lowest BCUT2D eigenvalue weighted by Crippen LogP contribution is -2.29. The van der Waals surface area contributed by atoms with E-state index >= 15 is 0 Å². The molecular formula is C15H9Cl2F3N2O. The van der Waals surface area contributed by atoms with Crippen molar-refractivity contribution in [1.82, 2.24) is 5.43 Å². The lowest BCUT2D eigenvalue weighted by Gasteiger charge is -2.11. The minimum atomic E-state index is -4.74. The normalized spacial score (nSPS) is 12.1. The Bertz CT molecular complexity index is 726. The number of hydrogen-bond donors (Lipinski definition) is 1. The van der Waals surface area contributed by atoms with Crippen LogP contribution in [-0.4, -0.2) is 17.8 Å². The highest BCUT2D eigenvalue weighted by atomic mass is 35.5. The highest BCUT2D eigenvalue weighted by Crippen LogP contribution is 2.23. The molecule has 0 unspecified atom stereocenters. The lowest BCUT2D eigenvalue weighted by atomic mass is 10.1. The quantitative estimate of drug-likeness (QED) is 0.626. The number of carbonyl (C=O) groups excluding carboxylic acids is 1. The molecule has 23 heavy (non-hydrogen) atoms. The summed E-state index contributed by atoms with van der Waals surface area (Å²) in [6, 6.07) is 10.6. The fourth-order valence-corrected chi connectivity index (χ4v) is 1.92. The van der Waals surface area contributed by atoms with Gasteiger partial charge in [0.05, 0.1) is 0 Å². The molecule has 3 nitrogen and oxygen atoms in total. The van der Waals surface area contributed by atoms with E-state index in [1.165, 1.54) is 48.5 Å². The molecule has 0 heterocycles. The van der Waals surface area contributed by atoms with Gasteiger partial charge in [0.15, 0.2) is 5.71 Å². The van der Waals surface area contributed by atoms with Crippen molar-refractivity contribution in [3.05, 3.63) is 69.7 Å². The Hall–Kier alpha value is -2.05. The molecule has 1 amide bonds. The van der Waals surface area contributed by atoms with Gasteiger partial charge in [-0.05, 0) is 36.4 Å². The molecule has 0 aliphatic heterocycles.